The first kappa shape index (κ1) is 6.14. The molecule has 0 bridgehead atoms. The smallest absolute Gasteiger partial charge is 0.119 e. The van der Waals surface area contributed by atoms with Crippen LogP contribution in [0.15, 0.2) is 24.3 Å². The molecule has 0 amide bonds. The molecule has 0 saturated heterocycles. The van der Waals surface area contributed by atoms with Gasteiger partial charge in [-0.3, -0.25) is 0 Å². The fourth-order valence-electron chi connectivity index (χ4n) is 0.672. The molecule has 9 heavy (non-hydrogen) atoms. The highest BCUT2D eigenvalue weighted by molar-refractivity contribution is 5.29. The Morgan fingerprint density at radius 3 is 2.67 bits per heavy atom. The van der Waals surface area contributed by atoms with E-state index < -0.39 is 0 Å². The summed E-state index contributed by atoms with van der Waals surface area (Å²) >= 11 is 0. The van der Waals surface area contributed by atoms with E-state index in [1.165, 1.54) is 0 Å². The van der Waals surface area contributed by atoms with E-state index >= 15 is 0 Å². The van der Waals surface area contributed by atoms with Crippen LogP contribution < -0.4 is 4.74 Å². The van der Waals surface area contributed by atoms with E-state index in [1.807, 2.05) is 24.3 Å². The molecule has 0 aliphatic rings. The van der Waals surface area contributed by atoms with Crippen molar-refractivity contribution in [2.45, 2.75) is 0 Å². The van der Waals surface area contributed by atoms with Crippen LogP contribution in [0.2, 0.25) is 0 Å². The Morgan fingerprint density at radius 2 is 2.22 bits per heavy atom. The van der Waals surface area contributed by atoms with Crippen molar-refractivity contribution in [1.82, 2.24) is 0 Å². The first-order chi connectivity index (χ1) is 4.33. The van der Waals surface area contributed by atoms with E-state index in [4.69, 9.17) is 4.74 Å². The topological polar surface area (TPSA) is 9.23 Å². The lowest BCUT2D eigenvalue weighted by molar-refractivity contribution is 0.414. The Morgan fingerprint density at radius 1 is 1.44 bits per heavy atom. The Balaban J connectivity index is 2.94. The Labute approximate surface area is 55.3 Å². The maximum Gasteiger partial charge on any atom is 0.119 e. The molecule has 0 spiro atoms. The summed E-state index contributed by atoms with van der Waals surface area (Å²) in [6.45, 7) is 3.75. The van der Waals surface area contributed by atoms with Gasteiger partial charge in [0, 0.05) is 0 Å². The first-order valence-corrected chi connectivity index (χ1v) is 2.79. The second-order valence-corrected chi connectivity index (χ2v) is 1.85. The average molecular weight is 121 g/mol. The van der Waals surface area contributed by atoms with Gasteiger partial charge in [0.25, 0.3) is 0 Å². The lowest BCUT2D eigenvalue weighted by atomic mass is 10.2. The summed E-state index contributed by atoms with van der Waals surface area (Å²) < 4.78 is 4.96. The predicted molar refractivity (Wildman–Crippen MR) is 37.5 cm³/mol. The van der Waals surface area contributed by atoms with E-state index in [2.05, 4.69) is 6.92 Å². The van der Waals surface area contributed by atoms with Gasteiger partial charge in [-0.1, -0.05) is 12.1 Å². The number of hydrogen-bond donors (Lipinski definition) is 0. The minimum atomic E-state index is 0.863. The zero-order valence-electron chi connectivity index (χ0n) is 5.42. The van der Waals surface area contributed by atoms with Gasteiger partial charge in [0.1, 0.15) is 5.75 Å². The van der Waals surface area contributed by atoms with Crippen LogP contribution in [-0.2, 0) is 0 Å². The maximum atomic E-state index is 4.96. The molecular formula is C8H9O. The number of methoxy groups -OCH3 is 1. The third-order valence-electron chi connectivity index (χ3n) is 1.13. The van der Waals surface area contributed by atoms with Crippen LogP contribution in [0.4, 0.5) is 0 Å². The normalized spacial score (nSPS) is 9.11. The van der Waals surface area contributed by atoms with Gasteiger partial charge in [-0.05, 0) is 24.6 Å². The second-order valence-electron chi connectivity index (χ2n) is 1.85. The van der Waals surface area contributed by atoms with Gasteiger partial charge in [-0.25, -0.2) is 0 Å². The van der Waals surface area contributed by atoms with Gasteiger partial charge in [-0.15, -0.1) is 0 Å². The fourth-order valence-corrected chi connectivity index (χ4v) is 0.672. The van der Waals surface area contributed by atoms with Crippen LogP contribution in [0.5, 0.6) is 5.75 Å². The minimum absolute atomic E-state index is 0.863. The summed E-state index contributed by atoms with van der Waals surface area (Å²) in [4.78, 5) is 0. The van der Waals surface area contributed by atoms with Gasteiger partial charge in [0.15, 0.2) is 0 Å². The summed E-state index contributed by atoms with van der Waals surface area (Å²) in [7, 11) is 1.65. The largest absolute Gasteiger partial charge is 0.497 e. The Bertz CT molecular complexity index is 194. The van der Waals surface area contributed by atoms with Crippen molar-refractivity contribution in [3.8, 4) is 5.75 Å². The molecule has 47 valence electrons. The zero-order valence-corrected chi connectivity index (χ0v) is 5.42. The van der Waals surface area contributed by atoms with Gasteiger partial charge in [-0.2, -0.15) is 0 Å². The SMILES string of the molecule is [CH2]c1cccc(OC)c1. The lowest BCUT2D eigenvalue weighted by Gasteiger charge is -1.97. The molecule has 1 nitrogen and oxygen atoms in total. The molecule has 0 unspecified atom stereocenters. The number of benzene rings is 1. The van der Waals surface area contributed by atoms with Gasteiger partial charge in [0.2, 0.25) is 0 Å². The molecule has 0 saturated carbocycles. The number of ether oxygens (including phenoxy) is 1. The fraction of sp³-hybridized carbons (Fsp3) is 0.125. The molecule has 0 heterocycles. The Kier molecular flexibility index (Phi) is 1.73. The van der Waals surface area contributed by atoms with E-state index in [9.17, 15) is 0 Å². The molecule has 1 aromatic carbocycles. The Hall–Kier alpha value is -0.980. The van der Waals surface area contributed by atoms with E-state index in [0.717, 1.165) is 11.3 Å². The summed E-state index contributed by atoms with van der Waals surface area (Å²) in [6, 6.07) is 7.64. The summed E-state index contributed by atoms with van der Waals surface area (Å²) in [5.74, 6) is 0.863. The van der Waals surface area contributed by atoms with Crippen molar-refractivity contribution in [1.29, 1.82) is 0 Å². The highest BCUT2D eigenvalue weighted by Crippen LogP contribution is 2.10. The monoisotopic (exact) mass is 121 g/mol. The molecule has 1 rings (SSSR count). The van der Waals surface area contributed by atoms with Crippen molar-refractivity contribution >= 4 is 0 Å². The van der Waals surface area contributed by atoms with Crippen molar-refractivity contribution in [2.24, 2.45) is 0 Å². The standard InChI is InChI=1S/C8H9O/c1-7-4-3-5-8(6-7)9-2/h3-6H,1H2,2H3. The van der Waals surface area contributed by atoms with Crippen LogP contribution in [-0.4, -0.2) is 7.11 Å². The summed E-state index contributed by atoms with van der Waals surface area (Å²) in [5, 5.41) is 0. The molecule has 0 atom stereocenters. The van der Waals surface area contributed by atoms with Crippen molar-refractivity contribution in [3.63, 3.8) is 0 Å². The van der Waals surface area contributed by atoms with E-state index in [1.54, 1.807) is 7.11 Å². The van der Waals surface area contributed by atoms with Gasteiger partial charge >= 0.3 is 0 Å². The highest BCUT2D eigenvalue weighted by atomic mass is 16.5. The van der Waals surface area contributed by atoms with Gasteiger partial charge < -0.3 is 4.74 Å². The summed E-state index contributed by atoms with van der Waals surface area (Å²) in [6.07, 6.45) is 0. The van der Waals surface area contributed by atoms with Gasteiger partial charge in [0.05, 0.1) is 7.11 Å². The molecule has 0 aliphatic carbocycles. The van der Waals surface area contributed by atoms with E-state index in [0.29, 0.717) is 0 Å². The van der Waals surface area contributed by atoms with Crippen LogP contribution in [0, 0.1) is 6.92 Å². The maximum absolute atomic E-state index is 4.96. The molecule has 1 aromatic rings. The quantitative estimate of drug-likeness (QED) is 0.551. The average Bonchev–Trinajstić information content (AvgIpc) is 1.88. The second kappa shape index (κ2) is 2.53. The third kappa shape index (κ3) is 1.46. The highest BCUT2D eigenvalue weighted by Gasteiger charge is 1.86. The molecular weight excluding hydrogens is 112 g/mol. The molecule has 1 radical (unpaired) electrons. The van der Waals surface area contributed by atoms with Crippen LogP contribution in [0.1, 0.15) is 5.56 Å². The molecule has 0 aromatic heterocycles. The van der Waals surface area contributed by atoms with E-state index in [-0.39, 0.29) is 0 Å². The number of hydrogen-bond acceptors (Lipinski definition) is 1. The first-order valence-electron chi connectivity index (χ1n) is 2.79. The third-order valence-corrected chi connectivity index (χ3v) is 1.13. The van der Waals surface area contributed by atoms with Crippen molar-refractivity contribution < 1.29 is 4.74 Å². The van der Waals surface area contributed by atoms with Crippen molar-refractivity contribution in [2.75, 3.05) is 7.11 Å². The molecule has 0 aliphatic heterocycles. The molecule has 0 N–H and O–H groups in total. The van der Waals surface area contributed by atoms with Crippen LogP contribution >= 0.6 is 0 Å². The van der Waals surface area contributed by atoms with Crippen LogP contribution in [0.3, 0.4) is 0 Å². The lowest BCUT2D eigenvalue weighted by Crippen LogP contribution is -1.81. The molecule has 1 heteroatoms. The van der Waals surface area contributed by atoms with Crippen molar-refractivity contribution in [3.05, 3.63) is 36.8 Å². The summed E-state index contributed by atoms with van der Waals surface area (Å²) in [5.41, 5.74) is 0.981. The molecule has 0 fully saturated rings. The predicted octanol–water partition coefficient (Wildman–Crippen LogP) is 1.88. The van der Waals surface area contributed by atoms with Crippen LogP contribution in [0.25, 0.3) is 0 Å². The number of rotatable bonds is 1. The zero-order chi connectivity index (χ0) is 6.69. The minimum Gasteiger partial charge on any atom is -0.497 e.